The number of anilines is 1. The van der Waals surface area contributed by atoms with Crippen molar-refractivity contribution in [3.63, 3.8) is 0 Å². The molecule has 0 bridgehead atoms. The number of nitrogens with zero attached hydrogens (tertiary/aromatic N) is 4. The van der Waals surface area contributed by atoms with Crippen molar-refractivity contribution < 1.29 is 9.53 Å². The van der Waals surface area contributed by atoms with Crippen LogP contribution in [-0.2, 0) is 18.9 Å². The second-order valence-corrected chi connectivity index (χ2v) is 5.90. The molecule has 0 aliphatic heterocycles. The number of amides is 1. The summed E-state index contributed by atoms with van der Waals surface area (Å²) < 4.78 is 8.95. The van der Waals surface area contributed by atoms with E-state index >= 15 is 0 Å². The van der Waals surface area contributed by atoms with Gasteiger partial charge in [-0.1, -0.05) is 12.1 Å². The number of benzene rings is 1. The molecule has 3 aromatic rings. The minimum absolute atomic E-state index is 0.192. The first-order chi connectivity index (χ1) is 12.4. The Bertz CT molecular complexity index is 1110. The number of nitrogens with one attached hydrogen (secondary N) is 1. The van der Waals surface area contributed by atoms with E-state index in [-0.39, 0.29) is 17.1 Å². The van der Waals surface area contributed by atoms with E-state index in [2.05, 4.69) is 10.3 Å². The summed E-state index contributed by atoms with van der Waals surface area (Å²) in [5, 5.41) is 2.78. The average molecular weight is 357 g/mol. The third kappa shape index (κ3) is 2.67. The highest BCUT2D eigenvalue weighted by molar-refractivity contribution is 5.95. The van der Waals surface area contributed by atoms with E-state index in [4.69, 9.17) is 4.74 Å². The van der Waals surface area contributed by atoms with Gasteiger partial charge >= 0.3 is 5.69 Å². The van der Waals surface area contributed by atoms with Crippen LogP contribution in [0, 0.1) is 0 Å². The van der Waals surface area contributed by atoms with E-state index in [1.165, 1.54) is 36.7 Å². The molecule has 136 valence electrons. The maximum atomic E-state index is 12.7. The average Bonchev–Trinajstić information content (AvgIpc) is 3.09. The highest BCUT2D eigenvalue weighted by Crippen LogP contribution is 2.24. The van der Waals surface area contributed by atoms with Gasteiger partial charge in [0.2, 0.25) is 5.91 Å². The van der Waals surface area contributed by atoms with Crippen LogP contribution < -0.4 is 21.3 Å². The topological polar surface area (TPSA) is 100 Å². The lowest BCUT2D eigenvalue weighted by molar-refractivity contribution is -0.118. The molecule has 0 fully saturated rings. The van der Waals surface area contributed by atoms with E-state index in [0.717, 1.165) is 4.57 Å². The predicted molar refractivity (Wildman–Crippen MR) is 96.5 cm³/mol. The van der Waals surface area contributed by atoms with Crippen molar-refractivity contribution in [2.75, 3.05) is 12.4 Å². The fraction of sp³-hybridized carbons (Fsp3) is 0.294. The molecule has 1 N–H and O–H groups in total. The Hall–Kier alpha value is -3.36. The number of rotatable bonds is 4. The van der Waals surface area contributed by atoms with Gasteiger partial charge < -0.3 is 14.6 Å². The molecule has 0 saturated carbocycles. The van der Waals surface area contributed by atoms with Crippen LogP contribution in [0.4, 0.5) is 5.69 Å². The van der Waals surface area contributed by atoms with Gasteiger partial charge in [0, 0.05) is 14.1 Å². The molecule has 9 nitrogen and oxygen atoms in total. The zero-order valence-corrected chi connectivity index (χ0v) is 14.9. The predicted octanol–water partition coefficient (Wildman–Crippen LogP) is 0.642. The molecule has 2 heterocycles. The molecule has 9 heteroatoms. The van der Waals surface area contributed by atoms with Crippen molar-refractivity contribution in [1.29, 1.82) is 0 Å². The minimum Gasteiger partial charge on any atom is -0.495 e. The van der Waals surface area contributed by atoms with Gasteiger partial charge in [0.25, 0.3) is 5.56 Å². The first-order valence-electron chi connectivity index (χ1n) is 7.93. The fourth-order valence-corrected chi connectivity index (χ4v) is 2.77. The fourth-order valence-electron chi connectivity index (χ4n) is 2.77. The zero-order chi connectivity index (χ0) is 19.0. The Morgan fingerprint density at radius 1 is 1.19 bits per heavy atom. The molecule has 1 amide bonds. The summed E-state index contributed by atoms with van der Waals surface area (Å²) >= 11 is 0. The number of hydrogen-bond donors (Lipinski definition) is 1. The Morgan fingerprint density at radius 2 is 1.88 bits per heavy atom. The molecule has 0 aliphatic rings. The SMILES string of the molecule is COc1ccccc1NC(=O)[C@@H](C)n1cnc2c1c(=O)n(C)c(=O)n2C. The Balaban J connectivity index is 2.03. The maximum absolute atomic E-state index is 12.7. The van der Waals surface area contributed by atoms with Crippen LogP contribution in [-0.4, -0.2) is 31.7 Å². The van der Waals surface area contributed by atoms with Crippen molar-refractivity contribution in [2.45, 2.75) is 13.0 Å². The molecule has 1 aromatic carbocycles. The number of imidazole rings is 1. The second kappa shape index (κ2) is 6.51. The summed E-state index contributed by atoms with van der Waals surface area (Å²) in [6.45, 7) is 1.65. The first-order valence-corrected chi connectivity index (χ1v) is 7.93. The summed E-state index contributed by atoms with van der Waals surface area (Å²) in [5.74, 6) is 0.187. The second-order valence-electron chi connectivity index (χ2n) is 5.90. The summed E-state index contributed by atoms with van der Waals surface area (Å²) in [6.07, 6.45) is 1.39. The number of ether oxygens (including phenoxy) is 1. The van der Waals surface area contributed by atoms with Crippen LogP contribution >= 0.6 is 0 Å². The maximum Gasteiger partial charge on any atom is 0.332 e. The molecule has 0 radical (unpaired) electrons. The van der Waals surface area contributed by atoms with Crippen LogP contribution in [0.15, 0.2) is 40.2 Å². The van der Waals surface area contributed by atoms with Crippen molar-refractivity contribution in [3.8, 4) is 5.75 Å². The normalized spacial score (nSPS) is 12.2. The van der Waals surface area contributed by atoms with Gasteiger partial charge in [-0.15, -0.1) is 0 Å². The number of methoxy groups -OCH3 is 1. The van der Waals surface area contributed by atoms with Gasteiger partial charge in [-0.05, 0) is 19.1 Å². The monoisotopic (exact) mass is 357 g/mol. The minimum atomic E-state index is -0.727. The summed E-state index contributed by atoms with van der Waals surface area (Å²) in [4.78, 5) is 41.3. The van der Waals surface area contributed by atoms with Gasteiger partial charge in [-0.3, -0.25) is 18.7 Å². The highest BCUT2D eigenvalue weighted by atomic mass is 16.5. The smallest absolute Gasteiger partial charge is 0.332 e. The van der Waals surface area contributed by atoms with Crippen molar-refractivity contribution in [2.24, 2.45) is 14.1 Å². The molecule has 26 heavy (non-hydrogen) atoms. The summed E-state index contributed by atoms with van der Waals surface area (Å²) in [6, 6.07) is 6.30. The largest absolute Gasteiger partial charge is 0.495 e. The highest BCUT2D eigenvalue weighted by Gasteiger charge is 2.22. The van der Waals surface area contributed by atoms with Crippen LogP contribution in [0.25, 0.3) is 11.2 Å². The van der Waals surface area contributed by atoms with Crippen LogP contribution in [0.1, 0.15) is 13.0 Å². The molecule has 1 atom stereocenters. The number of fused-ring (bicyclic) bond motifs is 1. The molecule has 0 unspecified atom stereocenters. The van der Waals surface area contributed by atoms with E-state index in [0.29, 0.717) is 11.4 Å². The van der Waals surface area contributed by atoms with Crippen molar-refractivity contribution >= 4 is 22.8 Å². The van der Waals surface area contributed by atoms with E-state index in [1.54, 1.807) is 31.2 Å². The quantitative estimate of drug-likeness (QED) is 0.739. The van der Waals surface area contributed by atoms with Gasteiger partial charge in [-0.2, -0.15) is 0 Å². The van der Waals surface area contributed by atoms with Gasteiger partial charge in [0.15, 0.2) is 11.2 Å². The molecular formula is C17H19N5O4. The van der Waals surface area contributed by atoms with E-state index in [9.17, 15) is 14.4 Å². The van der Waals surface area contributed by atoms with Gasteiger partial charge in [-0.25, -0.2) is 9.78 Å². The van der Waals surface area contributed by atoms with Crippen LogP contribution in [0.5, 0.6) is 5.75 Å². The third-order valence-electron chi connectivity index (χ3n) is 4.33. The first kappa shape index (κ1) is 17.5. The lowest BCUT2D eigenvalue weighted by Gasteiger charge is -2.16. The molecule has 0 saturated heterocycles. The lowest BCUT2D eigenvalue weighted by atomic mass is 10.2. The number of hydrogen-bond acceptors (Lipinski definition) is 5. The molecule has 2 aromatic heterocycles. The zero-order valence-electron chi connectivity index (χ0n) is 14.9. The standard InChI is InChI=1S/C17H19N5O4/c1-10(15(23)19-11-7-5-6-8-12(11)26-4)22-9-18-14-13(22)16(24)21(3)17(25)20(14)2/h5-10H,1-4H3,(H,19,23)/t10-/m1/s1. The van der Waals surface area contributed by atoms with E-state index < -0.39 is 17.3 Å². The number of aryl methyl sites for hydroxylation is 1. The van der Waals surface area contributed by atoms with Crippen LogP contribution in [0.3, 0.4) is 0 Å². The molecule has 3 rings (SSSR count). The van der Waals surface area contributed by atoms with Gasteiger partial charge in [0.1, 0.15) is 11.8 Å². The Kier molecular flexibility index (Phi) is 4.37. The number of carbonyl (C=O) groups is 1. The molecular weight excluding hydrogens is 338 g/mol. The number of aromatic nitrogens is 4. The molecule has 0 spiro atoms. The van der Waals surface area contributed by atoms with Gasteiger partial charge in [0.05, 0.1) is 19.1 Å². The number of para-hydroxylation sites is 2. The Morgan fingerprint density at radius 3 is 2.58 bits per heavy atom. The molecule has 0 aliphatic carbocycles. The van der Waals surface area contributed by atoms with Crippen molar-refractivity contribution in [1.82, 2.24) is 18.7 Å². The van der Waals surface area contributed by atoms with Crippen LogP contribution in [0.2, 0.25) is 0 Å². The van der Waals surface area contributed by atoms with E-state index in [1.807, 2.05) is 0 Å². The van der Waals surface area contributed by atoms with Crippen molar-refractivity contribution in [3.05, 3.63) is 51.4 Å². The lowest BCUT2D eigenvalue weighted by Crippen LogP contribution is -2.38. The third-order valence-corrected chi connectivity index (χ3v) is 4.33. The summed E-state index contributed by atoms with van der Waals surface area (Å²) in [5.41, 5.74) is -0.0275. The Labute approximate surface area is 148 Å². The summed E-state index contributed by atoms with van der Waals surface area (Å²) in [7, 11) is 4.43. The number of carbonyl (C=O) groups excluding carboxylic acids is 1.